The average Bonchev–Trinajstić information content (AvgIpc) is 2.92. The van der Waals surface area contributed by atoms with Gasteiger partial charge in [0.25, 0.3) is 0 Å². The van der Waals surface area contributed by atoms with Gasteiger partial charge in [-0.2, -0.15) is 5.10 Å². The Morgan fingerprint density at radius 3 is 2.80 bits per heavy atom. The number of hydrogen-bond acceptors (Lipinski definition) is 4. The van der Waals surface area contributed by atoms with Gasteiger partial charge in [0.2, 0.25) is 0 Å². The summed E-state index contributed by atoms with van der Waals surface area (Å²) in [4.78, 5) is 4.22. The van der Waals surface area contributed by atoms with Crippen molar-refractivity contribution in [3.8, 4) is 5.75 Å². The Labute approximate surface area is 120 Å². The molecule has 0 aromatic carbocycles. The average molecular weight is 274 g/mol. The molecule has 0 saturated heterocycles. The molecule has 0 aliphatic heterocycles. The molecule has 0 spiro atoms. The van der Waals surface area contributed by atoms with Gasteiger partial charge in [0.15, 0.2) is 5.75 Å². The quantitative estimate of drug-likeness (QED) is 0.842. The number of aryl methyl sites for hydroxylation is 1. The van der Waals surface area contributed by atoms with Crippen molar-refractivity contribution >= 4 is 0 Å². The molecule has 5 heteroatoms. The second kappa shape index (κ2) is 7.05. The van der Waals surface area contributed by atoms with E-state index < -0.39 is 0 Å². The molecule has 0 saturated carbocycles. The second-order valence-corrected chi connectivity index (χ2v) is 4.59. The first-order valence-electron chi connectivity index (χ1n) is 7.04. The molecule has 0 fully saturated rings. The van der Waals surface area contributed by atoms with Gasteiger partial charge in [-0.05, 0) is 31.5 Å². The Balaban J connectivity index is 2.43. The van der Waals surface area contributed by atoms with Gasteiger partial charge < -0.3 is 10.1 Å². The highest BCUT2D eigenvalue weighted by Gasteiger charge is 2.22. The molecule has 2 rings (SSSR count). The first-order chi connectivity index (χ1) is 9.81. The lowest BCUT2D eigenvalue weighted by Crippen LogP contribution is -2.26. The summed E-state index contributed by atoms with van der Waals surface area (Å²) < 4.78 is 7.44. The summed E-state index contributed by atoms with van der Waals surface area (Å²) in [5.41, 5.74) is 2.17. The van der Waals surface area contributed by atoms with E-state index >= 15 is 0 Å². The van der Waals surface area contributed by atoms with Crippen LogP contribution in [0.1, 0.15) is 37.6 Å². The number of hydrogen-bond donors (Lipinski definition) is 1. The van der Waals surface area contributed by atoms with Crippen molar-refractivity contribution < 1.29 is 4.74 Å². The topological polar surface area (TPSA) is 52.0 Å². The van der Waals surface area contributed by atoms with Crippen LogP contribution in [0.4, 0.5) is 0 Å². The van der Waals surface area contributed by atoms with Crippen molar-refractivity contribution in [3.63, 3.8) is 0 Å². The Morgan fingerprint density at radius 2 is 2.20 bits per heavy atom. The van der Waals surface area contributed by atoms with Crippen LogP contribution in [0.15, 0.2) is 30.7 Å². The first-order valence-corrected chi connectivity index (χ1v) is 7.04. The minimum Gasteiger partial charge on any atom is -0.493 e. The van der Waals surface area contributed by atoms with E-state index in [2.05, 4.69) is 35.3 Å². The Morgan fingerprint density at radius 1 is 1.35 bits per heavy atom. The Hall–Kier alpha value is -1.88. The van der Waals surface area contributed by atoms with Crippen molar-refractivity contribution in [3.05, 3.63) is 42.0 Å². The van der Waals surface area contributed by atoms with Crippen LogP contribution in [0.25, 0.3) is 0 Å². The number of aromatic nitrogens is 3. The lowest BCUT2D eigenvalue weighted by atomic mass is 10.0. The van der Waals surface area contributed by atoms with E-state index in [9.17, 15) is 0 Å². The predicted octanol–water partition coefficient (Wildman–Crippen LogP) is 2.40. The maximum atomic E-state index is 5.47. The molecule has 0 radical (unpaired) electrons. The third-order valence-electron chi connectivity index (χ3n) is 3.25. The van der Waals surface area contributed by atoms with Gasteiger partial charge in [0.1, 0.15) is 5.69 Å². The van der Waals surface area contributed by atoms with Crippen molar-refractivity contribution in [1.29, 1.82) is 0 Å². The van der Waals surface area contributed by atoms with Crippen LogP contribution in [0, 0.1) is 0 Å². The zero-order chi connectivity index (χ0) is 14.4. The Bertz CT molecular complexity index is 502. The normalized spacial score (nSPS) is 12.3. The zero-order valence-electron chi connectivity index (χ0n) is 12.3. The molecule has 1 unspecified atom stereocenters. The van der Waals surface area contributed by atoms with Crippen LogP contribution in [-0.4, -0.2) is 28.4 Å². The molecule has 2 heterocycles. The molecule has 20 heavy (non-hydrogen) atoms. The van der Waals surface area contributed by atoms with Gasteiger partial charge in [-0.3, -0.25) is 9.67 Å². The molecule has 2 aromatic rings. The van der Waals surface area contributed by atoms with Gasteiger partial charge in [0, 0.05) is 18.9 Å². The summed E-state index contributed by atoms with van der Waals surface area (Å²) in [6.07, 6.45) is 6.52. The number of nitrogens with one attached hydrogen (secondary N) is 1. The van der Waals surface area contributed by atoms with Gasteiger partial charge in [-0.25, -0.2) is 0 Å². The monoisotopic (exact) mass is 274 g/mol. The summed E-state index contributed by atoms with van der Waals surface area (Å²) in [5.74, 6) is 0.810. The summed E-state index contributed by atoms with van der Waals surface area (Å²) >= 11 is 0. The van der Waals surface area contributed by atoms with Crippen LogP contribution >= 0.6 is 0 Å². The number of nitrogens with zero attached hydrogens (tertiary/aromatic N) is 3. The molecule has 0 aliphatic rings. The van der Waals surface area contributed by atoms with Gasteiger partial charge in [-0.1, -0.05) is 13.0 Å². The molecule has 0 aliphatic carbocycles. The summed E-state index contributed by atoms with van der Waals surface area (Å²) in [7, 11) is 1.68. The minimum absolute atomic E-state index is 0.0426. The van der Waals surface area contributed by atoms with Crippen molar-refractivity contribution in [1.82, 2.24) is 20.1 Å². The Kier molecular flexibility index (Phi) is 5.12. The molecule has 1 atom stereocenters. The fourth-order valence-corrected chi connectivity index (χ4v) is 2.29. The molecule has 0 amide bonds. The van der Waals surface area contributed by atoms with Gasteiger partial charge in [-0.15, -0.1) is 0 Å². The number of pyridine rings is 1. The van der Waals surface area contributed by atoms with E-state index in [0.29, 0.717) is 0 Å². The van der Waals surface area contributed by atoms with E-state index in [1.54, 1.807) is 19.5 Å². The standard InChI is InChI=1S/C15H22N4O/c1-4-8-17-14(12-7-6-9-16-10-12)15-13(20-3)11-18-19(15)5-2/h6-7,9-11,14,17H,4-5,8H2,1-3H3. The second-order valence-electron chi connectivity index (χ2n) is 4.59. The minimum atomic E-state index is 0.0426. The number of ether oxygens (including phenoxy) is 1. The molecule has 2 aromatic heterocycles. The molecule has 1 N–H and O–H groups in total. The van der Waals surface area contributed by atoms with Crippen LogP contribution in [0.5, 0.6) is 5.75 Å². The predicted molar refractivity (Wildman–Crippen MR) is 78.8 cm³/mol. The van der Waals surface area contributed by atoms with E-state index in [0.717, 1.165) is 36.5 Å². The van der Waals surface area contributed by atoms with Crippen LogP contribution in [-0.2, 0) is 6.54 Å². The summed E-state index contributed by atoms with van der Waals surface area (Å²) in [5, 5.41) is 7.95. The van der Waals surface area contributed by atoms with E-state index in [4.69, 9.17) is 4.74 Å². The third kappa shape index (κ3) is 2.99. The van der Waals surface area contributed by atoms with E-state index in [-0.39, 0.29) is 6.04 Å². The first kappa shape index (κ1) is 14.5. The van der Waals surface area contributed by atoms with Crippen LogP contribution in [0.3, 0.4) is 0 Å². The zero-order valence-corrected chi connectivity index (χ0v) is 12.3. The van der Waals surface area contributed by atoms with E-state index in [1.807, 2.05) is 16.9 Å². The molecular weight excluding hydrogens is 252 g/mol. The van der Waals surface area contributed by atoms with Crippen molar-refractivity contribution in [2.45, 2.75) is 32.9 Å². The maximum Gasteiger partial charge on any atom is 0.161 e. The fourth-order valence-electron chi connectivity index (χ4n) is 2.29. The number of methoxy groups -OCH3 is 1. The van der Waals surface area contributed by atoms with Crippen molar-refractivity contribution in [2.75, 3.05) is 13.7 Å². The van der Waals surface area contributed by atoms with E-state index in [1.165, 1.54) is 0 Å². The third-order valence-corrected chi connectivity index (χ3v) is 3.25. The largest absolute Gasteiger partial charge is 0.493 e. The van der Waals surface area contributed by atoms with Crippen LogP contribution in [0.2, 0.25) is 0 Å². The maximum absolute atomic E-state index is 5.47. The summed E-state index contributed by atoms with van der Waals surface area (Å²) in [6.45, 7) is 5.97. The highest BCUT2D eigenvalue weighted by atomic mass is 16.5. The highest BCUT2D eigenvalue weighted by Crippen LogP contribution is 2.29. The van der Waals surface area contributed by atoms with Gasteiger partial charge >= 0.3 is 0 Å². The summed E-state index contributed by atoms with van der Waals surface area (Å²) in [6, 6.07) is 4.07. The molecule has 5 nitrogen and oxygen atoms in total. The van der Waals surface area contributed by atoms with Crippen LogP contribution < -0.4 is 10.1 Å². The number of rotatable bonds is 7. The highest BCUT2D eigenvalue weighted by molar-refractivity contribution is 5.35. The van der Waals surface area contributed by atoms with Gasteiger partial charge in [0.05, 0.1) is 19.3 Å². The lowest BCUT2D eigenvalue weighted by molar-refractivity contribution is 0.398. The fraction of sp³-hybridized carbons (Fsp3) is 0.467. The van der Waals surface area contributed by atoms with Crippen molar-refractivity contribution in [2.24, 2.45) is 0 Å². The molecular formula is C15H22N4O. The lowest BCUT2D eigenvalue weighted by Gasteiger charge is -2.21. The molecule has 0 bridgehead atoms. The smallest absolute Gasteiger partial charge is 0.161 e. The SMILES string of the molecule is CCCNC(c1cccnc1)c1c(OC)cnn1CC. The molecule has 108 valence electrons.